The number of halogens is 2. The van der Waals surface area contributed by atoms with Crippen molar-refractivity contribution in [2.45, 2.75) is 210 Å². The van der Waals surface area contributed by atoms with Gasteiger partial charge < -0.3 is 43.7 Å². The second kappa shape index (κ2) is 26.8. The Bertz CT molecular complexity index is 4200. The predicted molar refractivity (Wildman–Crippen MR) is 402 cm³/mol. The van der Waals surface area contributed by atoms with Crippen LogP contribution in [0.2, 0.25) is 10.0 Å². The number of phenolic OH excluding ortho intramolecular Hbond substituents is 1. The van der Waals surface area contributed by atoms with Crippen LogP contribution < -0.4 is 4.74 Å². The van der Waals surface area contributed by atoms with Crippen LogP contribution in [0.3, 0.4) is 0 Å². The largest absolute Gasteiger partial charge is 0.505 e. The third kappa shape index (κ3) is 15.3. The number of allylic oxidation sites excluding steroid dienone is 2. The van der Waals surface area contributed by atoms with E-state index in [0.717, 1.165) is 73.2 Å². The van der Waals surface area contributed by atoms with Gasteiger partial charge in [-0.3, -0.25) is 0 Å². The van der Waals surface area contributed by atoms with Gasteiger partial charge in [-0.2, -0.15) is 0 Å². The first-order chi connectivity index (χ1) is 42.0. The monoisotopic (exact) mass is 1470 g/mol. The zero-order valence-electron chi connectivity index (χ0n) is 61.3. The van der Waals surface area contributed by atoms with Crippen LogP contribution >= 0.6 is 23.2 Å². The summed E-state index contributed by atoms with van der Waals surface area (Å²) in [5.74, 6) is -1.33. The number of fused-ring (bicyclic) bond motifs is 6. The number of rotatable bonds is 14. The molecule has 94 heavy (non-hydrogen) atoms. The van der Waals surface area contributed by atoms with E-state index < -0.39 is 11.8 Å². The molecule has 0 fully saturated rings. The maximum Gasteiger partial charge on any atom is 0.218 e. The Kier molecular flexibility index (Phi) is 21.6. The van der Waals surface area contributed by atoms with Gasteiger partial charge in [0, 0.05) is 86.6 Å². The number of aromatic nitrogens is 2. The zero-order chi connectivity index (χ0) is 66.7. The van der Waals surface area contributed by atoms with Crippen molar-refractivity contribution in [3.05, 3.63) is 203 Å². The Morgan fingerprint density at radius 2 is 0.936 bits per heavy atom. The third-order valence-corrected chi connectivity index (χ3v) is 19.4. The number of hydrogen-bond donors (Lipinski definition) is 2. The summed E-state index contributed by atoms with van der Waals surface area (Å²) in [6.07, 6.45) is 6.59. The fourth-order valence-electron chi connectivity index (χ4n) is 14.6. The van der Waals surface area contributed by atoms with Crippen LogP contribution in [-0.2, 0) is 57.7 Å². The molecule has 1 aliphatic carbocycles. The molecule has 10 rings (SSSR count). The third-order valence-electron chi connectivity index (χ3n) is 18.8. The van der Waals surface area contributed by atoms with Crippen molar-refractivity contribution < 1.29 is 45.5 Å². The number of aromatic hydroxyl groups is 1. The molecule has 502 valence electrons. The van der Waals surface area contributed by atoms with E-state index in [4.69, 9.17) is 32.7 Å². The standard InChI is InChI=1S/C83H102Cl2N2O4.2CH3.Hf/c1-75(2,3)49-81(19,20)56-45-64(73(88)71(47-56)86-67-34-30-52(77(7,8)9)41-60(67)61-42-53(78(10,11)12)31-35-68(61)86)59-28-24-29-66(85)74(59)90-38-25-39-91-83(89)65(51-26-23-27-58(84)40-51)46-57(82(21,22)50-76(4,5)6)48-72(83)87-69-36-32-54(79(13,14)15)43-62(69)63-44-55(80(16,17)18)33-37-70(63)87;;;/h23-24,26-37,40-48,72,88-89H,25,38-39,49-50H2,1-22H3;2*1H3;/q;2*-1;. The molecule has 2 N–H and O–H groups in total. The maximum absolute atomic E-state index is 14.2. The summed E-state index contributed by atoms with van der Waals surface area (Å²) in [7, 11) is 0. The quantitative estimate of drug-likeness (QED) is 0.0493. The minimum absolute atomic E-state index is 0. The SMILES string of the molecule is CC(C)(C)CC(C)(C)C1=CC(n2c3ccc(C(C)(C)C)cc3c3cc(C(C)(C)C)ccc32)C(O)(OCCCOc2c(Cl)cccc2-c2cc(C(C)(C)CC(C)(C)C)cc(-n3c4ccc(C(C)(C)C)cc4c4cc(C(C)(C)C)ccc43)c2O)C(c2cccc(Cl)c2)=C1.[CH3-].[CH3-].[Hf]. The summed E-state index contributed by atoms with van der Waals surface area (Å²) in [6.45, 7) is 50.4. The molecule has 9 heteroatoms. The van der Waals surface area contributed by atoms with Gasteiger partial charge in [-0.25, -0.2) is 0 Å². The van der Waals surface area contributed by atoms with Gasteiger partial charge >= 0.3 is 0 Å². The van der Waals surface area contributed by atoms with Crippen LogP contribution in [0.15, 0.2) is 145 Å². The van der Waals surface area contributed by atoms with Gasteiger partial charge in [0.05, 0.1) is 35.0 Å². The average molecular weight is 1470 g/mol. The normalized spacial score (nSPS) is 16.2. The van der Waals surface area contributed by atoms with E-state index >= 15 is 0 Å². The predicted octanol–water partition coefficient (Wildman–Crippen LogP) is 24.6. The van der Waals surface area contributed by atoms with E-state index in [1.165, 1.54) is 22.3 Å². The first kappa shape index (κ1) is 76.0. The smallest absolute Gasteiger partial charge is 0.218 e. The van der Waals surface area contributed by atoms with Crippen LogP contribution in [-0.4, -0.2) is 38.3 Å². The second-order valence-corrected chi connectivity index (χ2v) is 35.1. The molecule has 6 nitrogen and oxygen atoms in total. The van der Waals surface area contributed by atoms with Crippen molar-refractivity contribution in [1.29, 1.82) is 0 Å². The number of nitrogens with zero attached hydrogens (tertiary/aromatic N) is 2. The van der Waals surface area contributed by atoms with Gasteiger partial charge in [0.1, 0.15) is 17.5 Å². The molecule has 0 amide bonds. The van der Waals surface area contributed by atoms with Crippen molar-refractivity contribution in [2.75, 3.05) is 13.2 Å². The molecule has 2 unspecified atom stereocenters. The number of phenols is 1. The molecule has 0 spiro atoms. The van der Waals surface area contributed by atoms with Gasteiger partial charge in [0.25, 0.3) is 0 Å². The summed E-state index contributed by atoms with van der Waals surface area (Å²) < 4.78 is 18.7. The molecular formula is C85H108Cl2HfN2O4-2. The number of para-hydroxylation sites is 1. The van der Waals surface area contributed by atoms with Gasteiger partial charge in [-0.1, -0.05) is 230 Å². The van der Waals surface area contributed by atoms with Crippen molar-refractivity contribution in [2.24, 2.45) is 16.2 Å². The first-order valence-corrected chi connectivity index (χ1v) is 33.8. The van der Waals surface area contributed by atoms with Crippen molar-refractivity contribution >= 4 is 72.4 Å². The fourth-order valence-corrected chi connectivity index (χ4v) is 15.0. The molecule has 0 bridgehead atoms. The van der Waals surface area contributed by atoms with E-state index in [1.807, 2.05) is 42.5 Å². The van der Waals surface area contributed by atoms with E-state index in [-0.39, 0.29) is 103 Å². The van der Waals surface area contributed by atoms with Crippen molar-refractivity contribution in [3.8, 4) is 28.3 Å². The summed E-state index contributed by atoms with van der Waals surface area (Å²) in [5.41, 5.74) is 13.6. The molecule has 0 radical (unpaired) electrons. The maximum atomic E-state index is 14.2. The summed E-state index contributed by atoms with van der Waals surface area (Å²) in [6, 6.07) is 44.4. The summed E-state index contributed by atoms with van der Waals surface area (Å²) >= 11 is 14.2. The van der Waals surface area contributed by atoms with Crippen LogP contribution in [0.25, 0.3) is 66.0 Å². The molecule has 1 aliphatic rings. The van der Waals surface area contributed by atoms with E-state index in [1.54, 1.807) is 0 Å². The Balaban J connectivity index is 0.00000417. The van der Waals surface area contributed by atoms with Gasteiger partial charge in [0.15, 0.2) is 0 Å². The fraction of sp³-hybridized carbons (Fsp3) is 0.435. The molecule has 2 aromatic heterocycles. The van der Waals surface area contributed by atoms with E-state index in [9.17, 15) is 10.2 Å². The zero-order valence-corrected chi connectivity index (χ0v) is 66.4. The molecule has 0 saturated heterocycles. The van der Waals surface area contributed by atoms with Crippen LogP contribution in [0.5, 0.6) is 11.5 Å². The number of aliphatic hydroxyl groups is 1. The second-order valence-electron chi connectivity index (χ2n) is 34.3. The van der Waals surface area contributed by atoms with Crippen LogP contribution in [0.1, 0.15) is 211 Å². The van der Waals surface area contributed by atoms with E-state index in [0.29, 0.717) is 44.6 Å². The van der Waals surface area contributed by atoms with Crippen molar-refractivity contribution in [1.82, 2.24) is 9.13 Å². The molecule has 2 atom stereocenters. The summed E-state index contributed by atoms with van der Waals surface area (Å²) in [5, 5.41) is 32.9. The Hall–Kier alpha value is -5.41. The molecular weight excluding hydrogens is 1360 g/mol. The minimum Gasteiger partial charge on any atom is -0.505 e. The number of hydrogen-bond acceptors (Lipinski definition) is 4. The molecule has 9 aromatic rings. The average Bonchev–Trinajstić information content (AvgIpc) is 1.51. The van der Waals surface area contributed by atoms with E-state index in [2.05, 4.69) is 259 Å². The topological polar surface area (TPSA) is 68.8 Å². The van der Waals surface area contributed by atoms with Crippen molar-refractivity contribution in [3.63, 3.8) is 0 Å². The van der Waals surface area contributed by atoms with Crippen LogP contribution in [0, 0.1) is 31.1 Å². The summed E-state index contributed by atoms with van der Waals surface area (Å²) in [4.78, 5) is 0. The number of benzene rings is 7. The van der Waals surface area contributed by atoms with Crippen LogP contribution in [0.4, 0.5) is 0 Å². The molecule has 0 saturated carbocycles. The first-order valence-electron chi connectivity index (χ1n) is 33.0. The molecule has 7 aromatic carbocycles. The minimum atomic E-state index is -1.91. The van der Waals surface area contributed by atoms with Gasteiger partial charge in [0.2, 0.25) is 5.79 Å². The molecule has 0 aliphatic heterocycles. The Labute approximate surface area is 594 Å². The van der Waals surface area contributed by atoms with Gasteiger partial charge in [-0.05, 0) is 180 Å². The Morgan fingerprint density at radius 3 is 1.39 bits per heavy atom. The number of ether oxygens (including phenoxy) is 2. The Morgan fingerprint density at radius 1 is 0.489 bits per heavy atom. The molecule has 2 heterocycles. The van der Waals surface area contributed by atoms with Gasteiger partial charge in [-0.15, -0.1) is 0 Å².